The van der Waals surface area contributed by atoms with Crippen LogP contribution in [0.1, 0.15) is 17.2 Å². The summed E-state index contributed by atoms with van der Waals surface area (Å²) in [7, 11) is 1.65. The Bertz CT molecular complexity index is 616. The Morgan fingerprint density at radius 2 is 1.90 bits per heavy atom. The molecule has 1 atom stereocenters. The van der Waals surface area contributed by atoms with Gasteiger partial charge in [-0.15, -0.1) is 0 Å². The van der Waals surface area contributed by atoms with Crippen molar-refractivity contribution < 1.29 is 13.2 Å². The van der Waals surface area contributed by atoms with Gasteiger partial charge >= 0.3 is 0 Å². The van der Waals surface area contributed by atoms with Gasteiger partial charge in [0.15, 0.2) is 0 Å². The van der Waals surface area contributed by atoms with Crippen LogP contribution >= 0.6 is 15.9 Å². The SMILES string of the molecule is CNC(Cc1cc(F)ccc1F)c1cccc(Br)c1F. The normalized spacial score (nSPS) is 12.4. The molecule has 0 aliphatic heterocycles. The monoisotopic (exact) mass is 343 g/mol. The lowest BCUT2D eigenvalue weighted by Gasteiger charge is -2.18. The fraction of sp³-hybridized carbons (Fsp3) is 0.200. The van der Waals surface area contributed by atoms with E-state index in [1.54, 1.807) is 25.2 Å². The maximum absolute atomic E-state index is 14.1. The van der Waals surface area contributed by atoms with Crippen molar-refractivity contribution in [2.45, 2.75) is 12.5 Å². The molecule has 0 saturated carbocycles. The number of rotatable bonds is 4. The van der Waals surface area contributed by atoms with E-state index in [2.05, 4.69) is 21.2 Å². The number of likely N-dealkylation sites (N-methyl/N-ethyl adjacent to an activating group) is 1. The highest BCUT2D eigenvalue weighted by Crippen LogP contribution is 2.26. The lowest BCUT2D eigenvalue weighted by Crippen LogP contribution is -2.20. The Labute approximate surface area is 123 Å². The van der Waals surface area contributed by atoms with Crippen molar-refractivity contribution in [3.8, 4) is 0 Å². The number of nitrogens with one attached hydrogen (secondary N) is 1. The third-order valence-electron chi connectivity index (χ3n) is 3.14. The van der Waals surface area contributed by atoms with Crippen LogP contribution < -0.4 is 5.32 Å². The number of hydrogen-bond acceptors (Lipinski definition) is 1. The van der Waals surface area contributed by atoms with E-state index in [1.807, 2.05) is 0 Å². The van der Waals surface area contributed by atoms with Gasteiger partial charge in [0.1, 0.15) is 17.5 Å². The molecule has 0 aliphatic rings. The summed E-state index contributed by atoms with van der Waals surface area (Å²) >= 11 is 3.12. The van der Waals surface area contributed by atoms with Gasteiger partial charge in [0, 0.05) is 11.6 Å². The lowest BCUT2D eigenvalue weighted by atomic mass is 9.98. The average molecular weight is 344 g/mol. The predicted molar refractivity (Wildman–Crippen MR) is 76.0 cm³/mol. The first-order valence-corrected chi connectivity index (χ1v) is 6.87. The molecule has 0 aliphatic carbocycles. The third kappa shape index (κ3) is 3.22. The predicted octanol–water partition coefficient (Wildman–Crippen LogP) is 4.37. The van der Waals surface area contributed by atoms with Crippen LogP contribution in [0.5, 0.6) is 0 Å². The molecule has 5 heteroatoms. The summed E-state index contributed by atoms with van der Waals surface area (Å²) in [5.41, 5.74) is 0.620. The first kappa shape index (κ1) is 15.1. The molecule has 106 valence electrons. The van der Waals surface area contributed by atoms with E-state index in [1.165, 1.54) is 0 Å². The number of benzene rings is 2. The Kier molecular flexibility index (Phi) is 4.83. The summed E-state index contributed by atoms with van der Waals surface area (Å²) in [5.74, 6) is -1.41. The summed E-state index contributed by atoms with van der Waals surface area (Å²) in [6.07, 6.45) is 0.160. The largest absolute Gasteiger partial charge is 0.313 e. The van der Waals surface area contributed by atoms with Gasteiger partial charge in [-0.25, -0.2) is 13.2 Å². The fourth-order valence-corrected chi connectivity index (χ4v) is 2.46. The van der Waals surface area contributed by atoms with Crippen LogP contribution in [0.2, 0.25) is 0 Å². The van der Waals surface area contributed by atoms with Crippen LogP contribution in [0.15, 0.2) is 40.9 Å². The first-order valence-electron chi connectivity index (χ1n) is 6.08. The molecule has 1 N–H and O–H groups in total. The lowest BCUT2D eigenvalue weighted by molar-refractivity contribution is 0.513. The Morgan fingerprint density at radius 3 is 2.60 bits per heavy atom. The van der Waals surface area contributed by atoms with Crippen molar-refractivity contribution in [2.75, 3.05) is 7.05 Å². The van der Waals surface area contributed by atoms with Crippen molar-refractivity contribution in [3.05, 3.63) is 69.4 Å². The number of hydrogen-bond donors (Lipinski definition) is 1. The highest BCUT2D eigenvalue weighted by Gasteiger charge is 2.18. The minimum atomic E-state index is -0.508. The maximum Gasteiger partial charge on any atom is 0.142 e. The van der Waals surface area contributed by atoms with Crippen molar-refractivity contribution >= 4 is 15.9 Å². The minimum absolute atomic E-state index is 0.160. The van der Waals surface area contributed by atoms with E-state index < -0.39 is 23.5 Å². The third-order valence-corrected chi connectivity index (χ3v) is 3.75. The van der Waals surface area contributed by atoms with Crippen molar-refractivity contribution in [1.82, 2.24) is 5.32 Å². The van der Waals surface area contributed by atoms with Crippen LogP contribution in [-0.2, 0) is 6.42 Å². The second kappa shape index (κ2) is 6.41. The Hall–Kier alpha value is -1.33. The van der Waals surface area contributed by atoms with Crippen molar-refractivity contribution in [2.24, 2.45) is 0 Å². The topological polar surface area (TPSA) is 12.0 Å². The van der Waals surface area contributed by atoms with Crippen LogP contribution in [0.3, 0.4) is 0 Å². The van der Waals surface area contributed by atoms with Gasteiger partial charge in [-0.05, 0) is 59.2 Å². The molecule has 2 rings (SSSR count). The number of halogens is 4. The van der Waals surface area contributed by atoms with Gasteiger partial charge in [-0.3, -0.25) is 0 Å². The summed E-state index contributed by atoms with van der Waals surface area (Å²) in [6, 6.07) is 7.75. The van der Waals surface area contributed by atoms with E-state index in [4.69, 9.17) is 0 Å². The van der Waals surface area contributed by atoms with E-state index in [0.717, 1.165) is 18.2 Å². The molecular weight excluding hydrogens is 331 g/mol. The zero-order valence-electron chi connectivity index (χ0n) is 10.8. The molecule has 1 nitrogen and oxygen atoms in total. The van der Waals surface area contributed by atoms with E-state index in [9.17, 15) is 13.2 Å². The van der Waals surface area contributed by atoms with Gasteiger partial charge in [0.2, 0.25) is 0 Å². The molecule has 1 unspecified atom stereocenters. The molecule has 0 radical (unpaired) electrons. The molecule has 0 bridgehead atoms. The van der Waals surface area contributed by atoms with Crippen LogP contribution in [0.4, 0.5) is 13.2 Å². The van der Waals surface area contributed by atoms with Crippen LogP contribution in [0, 0.1) is 17.5 Å². The van der Waals surface area contributed by atoms with E-state index in [-0.39, 0.29) is 12.0 Å². The smallest absolute Gasteiger partial charge is 0.142 e. The minimum Gasteiger partial charge on any atom is -0.313 e. The zero-order chi connectivity index (χ0) is 14.7. The molecular formula is C15H13BrF3N. The Morgan fingerprint density at radius 1 is 1.15 bits per heavy atom. The van der Waals surface area contributed by atoms with Crippen molar-refractivity contribution in [3.63, 3.8) is 0 Å². The molecule has 2 aromatic rings. The van der Waals surface area contributed by atoms with Gasteiger partial charge in [-0.1, -0.05) is 12.1 Å². The van der Waals surface area contributed by atoms with Crippen LogP contribution in [0.25, 0.3) is 0 Å². The summed E-state index contributed by atoms with van der Waals surface area (Å²) < 4.78 is 41.3. The highest BCUT2D eigenvalue weighted by molar-refractivity contribution is 9.10. The standard InChI is InChI=1S/C15H13BrF3N/c1-20-14(11-3-2-4-12(16)15(11)19)8-9-7-10(17)5-6-13(9)18/h2-7,14,20H,8H2,1H3. The van der Waals surface area contributed by atoms with Gasteiger partial charge < -0.3 is 5.32 Å². The summed E-state index contributed by atoms with van der Waals surface area (Å²) in [6.45, 7) is 0. The Balaban J connectivity index is 2.34. The molecule has 0 saturated heterocycles. The summed E-state index contributed by atoms with van der Waals surface area (Å²) in [4.78, 5) is 0. The second-order valence-electron chi connectivity index (χ2n) is 4.42. The zero-order valence-corrected chi connectivity index (χ0v) is 12.3. The molecule has 0 amide bonds. The van der Waals surface area contributed by atoms with E-state index >= 15 is 0 Å². The van der Waals surface area contributed by atoms with Gasteiger partial charge in [-0.2, -0.15) is 0 Å². The van der Waals surface area contributed by atoms with Gasteiger partial charge in [0.05, 0.1) is 4.47 Å². The van der Waals surface area contributed by atoms with E-state index in [0.29, 0.717) is 10.0 Å². The maximum atomic E-state index is 14.1. The molecule has 0 spiro atoms. The summed E-state index contributed by atoms with van der Waals surface area (Å²) in [5, 5.41) is 2.93. The molecule has 0 fully saturated rings. The molecule has 20 heavy (non-hydrogen) atoms. The van der Waals surface area contributed by atoms with Gasteiger partial charge in [0.25, 0.3) is 0 Å². The second-order valence-corrected chi connectivity index (χ2v) is 5.28. The molecule has 0 aromatic heterocycles. The average Bonchev–Trinajstić information content (AvgIpc) is 2.43. The van der Waals surface area contributed by atoms with Crippen LogP contribution in [-0.4, -0.2) is 7.05 Å². The van der Waals surface area contributed by atoms with Crippen molar-refractivity contribution in [1.29, 1.82) is 0 Å². The highest BCUT2D eigenvalue weighted by atomic mass is 79.9. The quantitative estimate of drug-likeness (QED) is 0.869. The first-order chi connectivity index (χ1) is 9.52. The molecule has 2 aromatic carbocycles. The fourth-order valence-electron chi connectivity index (χ4n) is 2.08. The molecule has 0 heterocycles.